The van der Waals surface area contributed by atoms with Gasteiger partial charge >= 0.3 is 0 Å². The fraction of sp³-hybridized carbons (Fsp3) is 0. The van der Waals surface area contributed by atoms with Crippen LogP contribution < -0.4 is 0 Å². The first-order chi connectivity index (χ1) is 0. The van der Waals surface area contributed by atoms with Gasteiger partial charge in [0.1, 0.15) is 0 Å². The monoisotopic (exact) mass is 382 g/mol. The molecule has 4 heavy (non-hydrogen) atoms. The maximum Gasteiger partial charge on any atom is 0 e. The van der Waals surface area contributed by atoms with Crippen molar-refractivity contribution in [1.82, 2.24) is 0 Å². The Kier molecular flexibility index (Phi) is 145. The van der Waals surface area contributed by atoms with Gasteiger partial charge < -0.3 is 0 Å². The molecule has 0 rings (SSSR count). The zero-order valence-corrected chi connectivity index (χ0v) is 8.15. The van der Waals surface area contributed by atoms with E-state index in [-0.39, 0.29) is 77.1 Å². The van der Waals surface area contributed by atoms with E-state index in [1.165, 1.54) is 0 Å². The summed E-state index contributed by atoms with van der Waals surface area (Å²) in [7, 11) is 0. The largest absolute Gasteiger partial charge is 0 e. The Balaban J connectivity index is 0. The van der Waals surface area contributed by atoms with Crippen molar-refractivity contribution in [3.63, 3.8) is 0 Å². The molecule has 0 saturated heterocycles. The van der Waals surface area contributed by atoms with E-state index in [9.17, 15) is 0 Å². The van der Waals surface area contributed by atoms with Crippen LogP contribution in [-0.4, -0.2) is 26.2 Å². The average molecular weight is 383 g/mol. The third-order valence-electron chi connectivity index (χ3n) is 0. The zero-order chi connectivity index (χ0) is 0. The first kappa shape index (κ1) is 32.1. The molecule has 0 N–H and O–H groups in total. The molecule has 0 heterocycles. The second kappa shape index (κ2) is 18.1. The molecule has 0 saturated carbocycles. The molecule has 0 bridgehead atoms. The van der Waals surface area contributed by atoms with Crippen LogP contribution in [0.15, 0.2) is 0 Å². The standard InChI is InChI=1S/Bi.Cr.Cu.Ni. The van der Waals surface area contributed by atoms with Crippen LogP contribution in [0.5, 0.6) is 0 Å². The minimum Gasteiger partial charge on any atom is 0 e. The van der Waals surface area contributed by atoms with Crippen LogP contribution in [0.2, 0.25) is 0 Å². The molecule has 32 valence electrons. The molecule has 0 aliphatic carbocycles. The summed E-state index contributed by atoms with van der Waals surface area (Å²) >= 11 is 0. The predicted molar refractivity (Wildman–Crippen MR) is 5.75 cm³/mol. The van der Waals surface area contributed by atoms with Crippen LogP contribution in [0.3, 0.4) is 0 Å². The molecule has 0 aromatic heterocycles. The summed E-state index contributed by atoms with van der Waals surface area (Å²) in [6, 6.07) is 0. The van der Waals surface area contributed by atoms with Gasteiger partial charge in [-0.2, -0.15) is 0 Å². The first-order valence-electron chi connectivity index (χ1n) is 0. The molecule has 4 radical (unpaired) electrons. The molecule has 0 atom stereocenters. The van der Waals surface area contributed by atoms with Crippen LogP contribution in [0.25, 0.3) is 0 Å². The fourth-order valence-electron chi connectivity index (χ4n) is 0. The third kappa shape index (κ3) is 8.83. The second-order valence-electron chi connectivity index (χ2n) is 0. The van der Waals surface area contributed by atoms with Crippen molar-refractivity contribution in [2.24, 2.45) is 0 Å². The Morgan fingerprint density at radius 1 is 1.00 bits per heavy atom. The van der Waals surface area contributed by atoms with Crippen molar-refractivity contribution in [2.45, 2.75) is 0 Å². The van der Waals surface area contributed by atoms with Crippen LogP contribution in [-0.2, 0) is 50.9 Å². The maximum absolute atomic E-state index is 0. The van der Waals surface area contributed by atoms with Crippen molar-refractivity contribution >= 4 is 26.2 Å². The molecule has 0 aliphatic rings. The van der Waals surface area contributed by atoms with E-state index in [2.05, 4.69) is 0 Å². The molecule has 0 fully saturated rings. The summed E-state index contributed by atoms with van der Waals surface area (Å²) in [4.78, 5) is 0. The molecule has 0 nitrogen and oxygen atoms in total. The Labute approximate surface area is 76.1 Å². The number of hydrogen-bond donors (Lipinski definition) is 0. The zero-order valence-electron chi connectivity index (χ0n) is 1.47. The number of rotatable bonds is 0. The summed E-state index contributed by atoms with van der Waals surface area (Å²) in [5.74, 6) is 0. The van der Waals surface area contributed by atoms with Gasteiger partial charge in [0.15, 0.2) is 0 Å². The van der Waals surface area contributed by atoms with E-state index in [0.717, 1.165) is 0 Å². The van der Waals surface area contributed by atoms with Gasteiger partial charge in [0.2, 0.25) is 0 Å². The normalized spacial score (nSPS) is 0. The van der Waals surface area contributed by atoms with Crippen molar-refractivity contribution in [2.75, 3.05) is 0 Å². The molecule has 0 amide bonds. The van der Waals surface area contributed by atoms with Gasteiger partial charge in [-0.15, -0.1) is 0 Å². The molecule has 4 heteroatoms. The van der Waals surface area contributed by atoms with Gasteiger partial charge in [-0.05, 0) is 0 Å². The Hall–Kier alpha value is 2.43. The van der Waals surface area contributed by atoms with Crippen LogP contribution in [0.4, 0.5) is 0 Å². The third-order valence-corrected chi connectivity index (χ3v) is 0. The van der Waals surface area contributed by atoms with Gasteiger partial charge in [0.05, 0.1) is 0 Å². The Morgan fingerprint density at radius 2 is 1.00 bits per heavy atom. The van der Waals surface area contributed by atoms with Crippen molar-refractivity contribution in [1.29, 1.82) is 0 Å². The summed E-state index contributed by atoms with van der Waals surface area (Å²) in [5.41, 5.74) is 0. The van der Waals surface area contributed by atoms with E-state index >= 15 is 0 Å². The SMILES string of the molecule is [Bi].[Cr].[Cu].[Ni]. The van der Waals surface area contributed by atoms with Gasteiger partial charge in [-0.3, -0.25) is 0 Å². The van der Waals surface area contributed by atoms with Gasteiger partial charge in [0, 0.05) is 77.1 Å². The van der Waals surface area contributed by atoms with Crippen molar-refractivity contribution in [3.8, 4) is 0 Å². The minimum absolute atomic E-state index is 0. The summed E-state index contributed by atoms with van der Waals surface area (Å²) in [6.45, 7) is 0. The van der Waals surface area contributed by atoms with Gasteiger partial charge in [0.25, 0.3) is 0 Å². The molecular formula is BiCrCuNi. The van der Waals surface area contributed by atoms with E-state index < -0.39 is 0 Å². The topological polar surface area (TPSA) is 0 Å². The van der Waals surface area contributed by atoms with Crippen LogP contribution in [0.1, 0.15) is 0 Å². The molecular weight excluding hydrogens is 383 g/mol. The van der Waals surface area contributed by atoms with Gasteiger partial charge in [-0.1, -0.05) is 0 Å². The molecule has 0 unspecified atom stereocenters. The van der Waals surface area contributed by atoms with Crippen LogP contribution in [0, 0.1) is 0 Å². The van der Waals surface area contributed by atoms with E-state index in [1.807, 2.05) is 0 Å². The fourth-order valence-corrected chi connectivity index (χ4v) is 0. The van der Waals surface area contributed by atoms with E-state index in [0.29, 0.717) is 0 Å². The second-order valence-corrected chi connectivity index (χ2v) is 0. The maximum atomic E-state index is 0. The molecule has 0 spiro atoms. The van der Waals surface area contributed by atoms with Crippen molar-refractivity contribution < 1.29 is 50.9 Å². The first-order valence-corrected chi connectivity index (χ1v) is 0. The Morgan fingerprint density at radius 3 is 1.00 bits per heavy atom. The average Bonchev–Trinajstić information content (AvgIpc) is 0. The summed E-state index contributed by atoms with van der Waals surface area (Å²) < 4.78 is 0. The Bertz CT molecular complexity index is 8.00. The number of hydrogen-bond acceptors (Lipinski definition) is 0. The molecule has 0 aliphatic heterocycles. The predicted octanol–water partition coefficient (Wildman–Crippen LogP) is -0.388. The summed E-state index contributed by atoms with van der Waals surface area (Å²) in [6.07, 6.45) is 0. The smallest absolute Gasteiger partial charge is 0 e. The minimum atomic E-state index is 0. The van der Waals surface area contributed by atoms with Crippen molar-refractivity contribution in [3.05, 3.63) is 0 Å². The van der Waals surface area contributed by atoms with Gasteiger partial charge in [-0.25, -0.2) is 0 Å². The van der Waals surface area contributed by atoms with E-state index in [1.54, 1.807) is 0 Å². The quantitative estimate of drug-likeness (QED) is 0.500. The van der Waals surface area contributed by atoms with Crippen LogP contribution >= 0.6 is 0 Å². The van der Waals surface area contributed by atoms with E-state index in [4.69, 9.17) is 0 Å². The molecule has 0 aromatic carbocycles. The summed E-state index contributed by atoms with van der Waals surface area (Å²) in [5, 5.41) is 0. The molecule has 0 aromatic rings.